The molecule has 3 aromatic carbocycles. The number of thiocarbonyl (C=S) groups is 1. The van der Waals surface area contributed by atoms with Gasteiger partial charge in [-0.05, 0) is 78.4 Å². The Labute approximate surface area is 233 Å². The fraction of sp³-hybridized carbons (Fsp3) is 0.156. The van der Waals surface area contributed by atoms with Gasteiger partial charge in [-0.2, -0.15) is 0 Å². The molecule has 2 N–H and O–H groups in total. The van der Waals surface area contributed by atoms with Gasteiger partial charge in [0.2, 0.25) is 5.91 Å². The monoisotopic (exact) mass is 531 g/mol. The van der Waals surface area contributed by atoms with Gasteiger partial charge < -0.3 is 20.1 Å². The molecule has 2 atom stereocenters. The number of anilines is 1. The second kappa shape index (κ2) is 10.7. The summed E-state index contributed by atoms with van der Waals surface area (Å²) in [7, 11) is 0. The molecule has 0 unspecified atom stereocenters. The Balaban J connectivity index is 1.32. The second-order valence-electron chi connectivity index (χ2n) is 9.82. The molecule has 3 heterocycles. The number of fused-ring (bicyclic) bond motifs is 1. The molecule has 7 heteroatoms. The Morgan fingerprint density at radius 2 is 1.74 bits per heavy atom. The van der Waals surface area contributed by atoms with E-state index in [1.165, 1.54) is 10.8 Å². The van der Waals surface area contributed by atoms with Crippen LogP contribution < -0.4 is 10.6 Å². The lowest BCUT2D eigenvalue weighted by molar-refractivity contribution is -0.116. The molecule has 2 aromatic heterocycles. The maximum atomic E-state index is 12.9. The largest absolute Gasteiger partial charge is 0.352 e. The normalized spacial score (nSPS) is 16.8. The molecular formula is C32H29N5OS. The van der Waals surface area contributed by atoms with Gasteiger partial charge in [-0.1, -0.05) is 54.1 Å². The quantitative estimate of drug-likeness (QED) is 0.240. The van der Waals surface area contributed by atoms with Gasteiger partial charge >= 0.3 is 0 Å². The highest BCUT2D eigenvalue weighted by atomic mass is 32.1. The lowest BCUT2D eigenvalue weighted by Crippen LogP contribution is -2.33. The topological polar surface area (TPSA) is 62.2 Å². The summed E-state index contributed by atoms with van der Waals surface area (Å²) < 4.78 is 2.21. The standard InChI is InChI=1S/C32H29N5OS/c1-22-11-14-25(15-12-22)34-29(38)17-20-37-31(30(35-32(37)39)27-9-4-5-18-33-27)28-10-6-19-36(28)26-16-13-23-7-2-3-8-24(23)21-26/h2-16,18-19,21,30-31H,17,20H2,1H3,(H,34,38)(H,35,39)/t30-,31+/m0/s1. The van der Waals surface area contributed by atoms with Crippen molar-refractivity contribution in [1.29, 1.82) is 0 Å². The lowest BCUT2D eigenvalue weighted by Gasteiger charge is -2.29. The van der Waals surface area contributed by atoms with Crippen molar-refractivity contribution in [2.75, 3.05) is 11.9 Å². The number of rotatable bonds is 7. The Kier molecular flexibility index (Phi) is 6.82. The summed E-state index contributed by atoms with van der Waals surface area (Å²) >= 11 is 5.83. The predicted molar refractivity (Wildman–Crippen MR) is 160 cm³/mol. The van der Waals surface area contributed by atoms with E-state index in [2.05, 4.69) is 85.9 Å². The molecule has 0 spiro atoms. The van der Waals surface area contributed by atoms with E-state index in [4.69, 9.17) is 12.2 Å². The summed E-state index contributed by atoms with van der Waals surface area (Å²) in [5.41, 5.74) is 5.00. The van der Waals surface area contributed by atoms with Gasteiger partial charge in [-0.15, -0.1) is 0 Å². The van der Waals surface area contributed by atoms with Crippen LogP contribution in [0.3, 0.4) is 0 Å². The Morgan fingerprint density at radius 3 is 2.54 bits per heavy atom. The minimum Gasteiger partial charge on any atom is -0.352 e. The molecule has 0 saturated carbocycles. The number of nitrogens with one attached hydrogen (secondary N) is 2. The third-order valence-corrected chi connectivity index (χ3v) is 7.56. The number of benzene rings is 3. The van der Waals surface area contributed by atoms with Crippen molar-refractivity contribution in [3.05, 3.63) is 126 Å². The van der Waals surface area contributed by atoms with Gasteiger partial charge in [0.1, 0.15) is 0 Å². The molecule has 1 saturated heterocycles. The highest BCUT2D eigenvalue weighted by molar-refractivity contribution is 7.80. The lowest BCUT2D eigenvalue weighted by atomic mass is 10.0. The molecular weight excluding hydrogens is 502 g/mol. The number of carbonyl (C=O) groups excluding carboxylic acids is 1. The highest BCUT2D eigenvalue weighted by Crippen LogP contribution is 2.39. The first kappa shape index (κ1) is 24.8. The molecule has 5 aromatic rings. The molecule has 39 heavy (non-hydrogen) atoms. The van der Waals surface area contributed by atoms with Crippen LogP contribution in [0.2, 0.25) is 0 Å². The van der Waals surface area contributed by atoms with Crippen LogP contribution >= 0.6 is 12.2 Å². The number of amides is 1. The SMILES string of the molecule is Cc1ccc(NC(=O)CCN2C(=S)N[C@@H](c3ccccn3)[C@H]2c2cccn2-c2ccc3ccccc3c2)cc1. The Morgan fingerprint density at radius 1 is 0.949 bits per heavy atom. The molecule has 1 amide bonds. The third kappa shape index (κ3) is 5.13. The maximum absolute atomic E-state index is 12.9. The van der Waals surface area contributed by atoms with Crippen LogP contribution in [0.4, 0.5) is 5.69 Å². The second-order valence-corrected chi connectivity index (χ2v) is 10.2. The molecule has 0 bridgehead atoms. The number of nitrogens with zero attached hydrogens (tertiary/aromatic N) is 3. The van der Waals surface area contributed by atoms with E-state index in [0.717, 1.165) is 28.3 Å². The highest BCUT2D eigenvalue weighted by Gasteiger charge is 2.41. The van der Waals surface area contributed by atoms with Crippen molar-refractivity contribution >= 4 is 39.7 Å². The minimum absolute atomic E-state index is 0.0494. The molecule has 6 rings (SSSR count). The average molecular weight is 532 g/mol. The zero-order chi connectivity index (χ0) is 26.8. The summed E-state index contributed by atoms with van der Waals surface area (Å²) in [6.07, 6.45) is 4.19. The Hall–Kier alpha value is -4.49. The van der Waals surface area contributed by atoms with Gasteiger partial charge in [-0.25, -0.2) is 0 Å². The van der Waals surface area contributed by atoms with E-state index in [1.54, 1.807) is 6.20 Å². The smallest absolute Gasteiger partial charge is 0.226 e. The van der Waals surface area contributed by atoms with E-state index in [-0.39, 0.29) is 18.0 Å². The van der Waals surface area contributed by atoms with E-state index in [9.17, 15) is 4.79 Å². The van der Waals surface area contributed by atoms with E-state index < -0.39 is 0 Å². The fourth-order valence-electron chi connectivity index (χ4n) is 5.25. The number of pyridine rings is 1. The maximum Gasteiger partial charge on any atom is 0.226 e. The van der Waals surface area contributed by atoms with E-state index in [1.807, 2.05) is 49.4 Å². The summed E-state index contributed by atoms with van der Waals surface area (Å²) in [5, 5.41) is 9.50. The number of carbonyl (C=O) groups is 1. The molecule has 0 radical (unpaired) electrons. The predicted octanol–water partition coefficient (Wildman–Crippen LogP) is 6.34. The first-order valence-electron chi connectivity index (χ1n) is 13.1. The molecule has 6 nitrogen and oxygen atoms in total. The van der Waals surface area contributed by atoms with Crippen molar-refractivity contribution in [2.45, 2.75) is 25.4 Å². The van der Waals surface area contributed by atoms with Gasteiger partial charge in [0.05, 0.1) is 17.8 Å². The minimum atomic E-state index is -0.159. The van der Waals surface area contributed by atoms with Crippen LogP contribution in [-0.2, 0) is 4.79 Å². The third-order valence-electron chi connectivity index (χ3n) is 7.21. The average Bonchev–Trinajstić information content (AvgIpc) is 3.57. The van der Waals surface area contributed by atoms with Crippen molar-refractivity contribution in [3.8, 4) is 5.69 Å². The number of hydrogen-bond donors (Lipinski definition) is 2. The van der Waals surface area contributed by atoms with Crippen LogP contribution in [0.25, 0.3) is 16.5 Å². The number of aryl methyl sites for hydroxylation is 1. The van der Waals surface area contributed by atoms with Gasteiger partial charge in [0, 0.05) is 42.4 Å². The van der Waals surface area contributed by atoms with Crippen molar-refractivity contribution < 1.29 is 4.79 Å². The Bertz CT molecular complexity index is 1630. The number of hydrogen-bond acceptors (Lipinski definition) is 3. The summed E-state index contributed by atoms with van der Waals surface area (Å²) in [5.74, 6) is -0.0494. The molecule has 0 aliphatic carbocycles. The van der Waals surface area contributed by atoms with Gasteiger partial charge in [0.15, 0.2) is 5.11 Å². The number of aromatic nitrogens is 2. The van der Waals surface area contributed by atoms with E-state index in [0.29, 0.717) is 18.1 Å². The fourth-order valence-corrected chi connectivity index (χ4v) is 5.58. The van der Waals surface area contributed by atoms with Gasteiger partial charge in [0.25, 0.3) is 0 Å². The van der Waals surface area contributed by atoms with Crippen LogP contribution in [0.1, 0.15) is 35.5 Å². The van der Waals surface area contributed by atoms with Gasteiger partial charge in [-0.3, -0.25) is 9.78 Å². The van der Waals surface area contributed by atoms with Crippen LogP contribution in [-0.4, -0.2) is 32.0 Å². The van der Waals surface area contributed by atoms with Crippen LogP contribution in [0.5, 0.6) is 0 Å². The van der Waals surface area contributed by atoms with Crippen LogP contribution in [0.15, 0.2) is 109 Å². The first-order chi connectivity index (χ1) is 19.1. The zero-order valence-electron chi connectivity index (χ0n) is 21.6. The summed E-state index contributed by atoms with van der Waals surface area (Å²) in [6, 6.07) is 32.5. The summed E-state index contributed by atoms with van der Waals surface area (Å²) in [4.78, 5) is 19.7. The molecule has 194 valence electrons. The molecule has 1 fully saturated rings. The molecule has 1 aliphatic rings. The van der Waals surface area contributed by atoms with E-state index >= 15 is 0 Å². The van der Waals surface area contributed by atoms with Crippen LogP contribution in [0, 0.1) is 6.92 Å². The summed E-state index contributed by atoms with van der Waals surface area (Å²) in [6.45, 7) is 2.50. The molecule has 1 aliphatic heterocycles. The first-order valence-corrected chi connectivity index (χ1v) is 13.5. The van der Waals surface area contributed by atoms with Crippen molar-refractivity contribution in [3.63, 3.8) is 0 Å². The van der Waals surface area contributed by atoms with Crippen molar-refractivity contribution in [1.82, 2.24) is 19.8 Å². The zero-order valence-corrected chi connectivity index (χ0v) is 22.4. The van der Waals surface area contributed by atoms with Crippen molar-refractivity contribution in [2.24, 2.45) is 0 Å².